The summed E-state index contributed by atoms with van der Waals surface area (Å²) >= 11 is -2.38. The molecule has 0 aromatic rings. The van der Waals surface area contributed by atoms with E-state index >= 15 is 0 Å². The minimum atomic E-state index is -2.38. The molecule has 1 heterocycles. The molecular weight excluding hydrogens is 567 g/mol. The Kier molecular flexibility index (Phi) is 14.4. The van der Waals surface area contributed by atoms with Crippen molar-refractivity contribution in [3.8, 4) is 0 Å². The maximum absolute atomic E-state index is 6.48. The van der Waals surface area contributed by atoms with Crippen LogP contribution < -0.4 is 0 Å². The quantitative estimate of drug-likeness (QED) is 0.111. The Morgan fingerprint density at radius 2 is 1.37 bits per heavy atom. The van der Waals surface area contributed by atoms with E-state index < -0.39 is 34.8 Å². The Balaban J connectivity index is 2.96. The topological polar surface area (TPSA) is 21.8 Å². The number of hydrogen-bond acceptors (Lipinski definition) is 2. The zero-order chi connectivity index (χ0) is 26.9. The van der Waals surface area contributed by atoms with Crippen LogP contribution in [0.15, 0.2) is 9.29 Å². The van der Waals surface area contributed by atoms with Crippen LogP contribution in [0.2, 0.25) is 51.1 Å². The molecule has 0 aromatic heterocycles. The summed E-state index contributed by atoms with van der Waals surface area (Å²) in [5.41, 5.74) is 2.91. The average Bonchev–Trinajstić information content (AvgIpc) is 3.47. The van der Waals surface area contributed by atoms with Crippen molar-refractivity contribution in [1.82, 2.24) is 0 Å². The second-order valence-electron chi connectivity index (χ2n) is 14.5. The van der Waals surface area contributed by atoms with Crippen LogP contribution in [-0.2, 0) is 9.16 Å². The van der Waals surface area contributed by atoms with Gasteiger partial charge >= 0.3 is 229 Å². The van der Waals surface area contributed by atoms with Gasteiger partial charge in [-0.3, -0.25) is 0 Å². The molecule has 0 N–H and O–H groups in total. The summed E-state index contributed by atoms with van der Waals surface area (Å²) in [7, 11) is -2.95. The van der Waals surface area contributed by atoms with Gasteiger partial charge in [0.25, 0.3) is 0 Å². The third-order valence-corrected chi connectivity index (χ3v) is 31.3. The van der Waals surface area contributed by atoms with Crippen LogP contribution in [0, 0.1) is 5.92 Å². The first-order valence-electron chi connectivity index (χ1n) is 15.1. The van der Waals surface area contributed by atoms with Crippen LogP contribution in [0.1, 0.15) is 99.8 Å². The van der Waals surface area contributed by atoms with Crippen molar-refractivity contribution in [2.24, 2.45) is 5.92 Å². The van der Waals surface area contributed by atoms with Gasteiger partial charge < -0.3 is 0 Å². The van der Waals surface area contributed by atoms with Gasteiger partial charge in [-0.2, -0.15) is 0 Å². The van der Waals surface area contributed by atoms with Gasteiger partial charge in [-0.05, 0) is 0 Å². The first-order chi connectivity index (χ1) is 16.1. The van der Waals surface area contributed by atoms with Crippen molar-refractivity contribution in [2.75, 3.05) is 6.61 Å². The predicted molar refractivity (Wildman–Crippen MR) is 167 cm³/mol. The molecule has 0 amide bonds. The molecule has 35 heavy (non-hydrogen) atoms. The molecule has 3 atom stereocenters. The van der Waals surface area contributed by atoms with Crippen molar-refractivity contribution >= 4 is 34.8 Å². The summed E-state index contributed by atoms with van der Waals surface area (Å²) in [4.78, 5) is 0. The molecule has 1 rings (SSSR count). The number of unbranched alkanes of at least 4 members (excludes halogenated alkanes) is 3. The molecule has 0 bridgehead atoms. The van der Waals surface area contributed by atoms with Crippen molar-refractivity contribution < 1.29 is 9.16 Å². The summed E-state index contributed by atoms with van der Waals surface area (Å²) in [5, 5.41) is 0.271. The van der Waals surface area contributed by atoms with E-state index in [9.17, 15) is 0 Å². The van der Waals surface area contributed by atoms with Gasteiger partial charge in [0.2, 0.25) is 0 Å². The van der Waals surface area contributed by atoms with E-state index in [0.29, 0.717) is 12.2 Å². The fraction of sp³-hybridized carbons (Fsp3) is 0.933. The molecular formula is C30H64O2Si2Sn. The SMILES string of the molecule is CCC[CH2][Sn]([CH2]CCC)([CH2]CCC)/[C](=C\[Si](C)(C)C)C[C@@H](C)C[C@@H]1O[C@H]1CO[Si](C)(C)C(C)(C)C. The molecule has 0 saturated carbocycles. The molecule has 0 aliphatic carbocycles. The van der Waals surface area contributed by atoms with E-state index in [4.69, 9.17) is 9.16 Å². The van der Waals surface area contributed by atoms with Gasteiger partial charge in [0.15, 0.2) is 0 Å². The monoisotopic (exact) mass is 632 g/mol. The normalized spacial score (nSPS) is 20.9. The molecule has 0 unspecified atom stereocenters. The van der Waals surface area contributed by atoms with Gasteiger partial charge in [0.05, 0.1) is 0 Å². The molecule has 208 valence electrons. The predicted octanol–water partition coefficient (Wildman–Crippen LogP) is 10.4. The van der Waals surface area contributed by atoms with Gasteiger partial charge in [-0.1, -0.05) is 0 Å². The van der Waals surface area contributed by atoms with Gasteiger partial charge in [-0.25, -0.2) is 0 Å². The fourth-order valence-corrected chi connectivity index (χ4v) is 30.0. The molecule has 1 fully saturated rings. The molecule has 0 radical (unpaired) electrons. The van der Waals surface area contributed by atoms with Crippen molar-refractivity contribution in [3.63, 3.8) is 0 Å². The van der Waals surface area contributed by atoms with Gasteiger partial charge in [0, 0.05) is 0 Å². The fourth-order valence-electron chi connectivity index (χ4n) is 5.25. The molecule has 2 nitrogen and oxygen atoms in total. The number of ether oxygens (including phenoxy) is 1. The second kappa shape index (κ2) is 14.9. The van der Waals surface area contributed by atoms with E-state index in [1.165, 1.54) is 51.4 Å². The Morgan fingerprint density at radius 1 is 0.886 bits per heavy atom. The van der Waals surface area contributed by atoms with Crippen LogP contribution in [0.25, 0.3) is 0 Å². The third kappa shape index (κ3) is 12.1. The van der Waals surface area contributed by atoms with E-state index in [1.807, 2.05) is 3.59 Å². The summed E-state index contributed by atoms with van der Waals surface area (Å²) in [5.74, 6) is 0.724. The van der Waals surface area contributed by atoms with Crippen LogP contribution in [0.3, 0.4) is 0 Å². The summed E-state index contributed by atoms with van der Waals surface area (Å²) in [6, 6.07) is 0. The molecule has 1 saturated heterocycles. The van der Waals surface area contributed by atoms with E-state index in [2.05, 4.69) is 86.9 Å². The molecule has 1 aliphatic heterocycles. The standard InChI is InChI=1S/C18H37O2Si2.3C4H9.Sn/c1-15(11-10-12-21(5,6)7)13-16-17(20-16)14-19-22(8,9)18(2,3)4;3*1-3-4-2;/h12,15-17H,11,13-14H2,1-9H3;3*1,3-4H2,2H3;/t15-,16+,17+;;;;/m1..../s1. The Bertz CT molecular complexity index is 611. The van der Waals surface area contributed by atoms with E-state index in [-0.39, 0.29) is 5.04 Å². The first-order valence-corrected chi connectivity index (χ1v) is 29.1. The zero-order valence-electron chi connectivity index (χ0n) is 26.1. The number of rotatable bonds is 18. The maximum atomic E-state index is 6.48. The third-order valence-electron chi connectivity index (χ3n) is 8.62. The Hall–Kier alpha value is 0.892. The summed E-state index contributed by atoms with van der Waals surface area (Å²) in [6.45, 7) is 29.9. The summed E-state index contributed by atoms with van der Waals surface area (Å²) in [6.07, 6.45) is 11.8. The molecule has 1 aliphatic rings. The van der Waals surface area contributed by atoms with Crippen LogP contribution in [-0.4, -0.2) is 53.6 Å². The van der Waals surface area contributed by atoms with E-state index in [1.54, 1.807) is 13.3 Å². The molecule has 0 spiro atoms. The minimum absolute atomic E-state index is 0.271. The Morgan fingerprint density at radius 3 is 1.77 bits per heavy atom. The molecule has 0 aromatic carbocycles. The molecule has 5 heteroatoms. The Labute approximate surface area is 227 Å². The van der Waals surface area contributed by atoms with Crippen molar-refractivity contribution in [1.29, 1.82) is 0 Å². The van der Waals surface area contributed by atoms with Gasteiger partial charge in [-0.15, -0.1) is 0 Å². The van der Waals surface area contributed by atoms with Crippen LogP contribution in [0.5, 0.6) is 0 Å². The van der Waals surface area contributed by atoms with Crippen LogP contribution >= 0.6 is 0 Å². The van der Waals surface area contributed by atoms with Gasteiger partial charge in [0.1, 0.15) is 0 Å². The summed E-state index contributed by atoms with van der Waals surface area (Å²) < 4.78 is 19.5. The zero-order valence-corrected chi connectivity index (χ0v) is 31.0. The van der Waals surface area contributed by atoms with Crippen molar-refractivity contribution in [2.45, 2.75) is 163 Å². The van der Waals surface area contributed by atoms with Crippen molar-refractivity contribution in [3.05, 3.63) is 9.29 Å². The number of allylic oxidation sites excluding steroid dienone is 1. The first kappa shape index (κ1) is 33.9. The second-order valence-corrected chi connectivity index (χ2v) is 37.7. The average molecular weight is 632 g/mol. The number of epoxide rings is 1. The van der Waals surface area contributed by atoms with Crippen LogP contribution in [0.4, 0.5) is 0 Å². The van der Waals surface area contributed by atoms with E-state index in [0.717, 1.165) is 12.5 Å². The number of hydrogen-bond donors (Lipinski definition) is 0.